The molecule has 0 saturated heterocycles. The summed E-state index contributed by atoms with van der Waals surface area (Å²) >= 11 is 0. The topological polar surface area (TPSA) is 83.9 Å². The number of rotatable bonds is 6. The van der Waals surface area contributed by atoms with Gasteiger partial charge in [0.15, 0.2) is 0 Å². The van der Waals surface area contributed by atoms with Crippen molar-refractivity contribution in [1.82, 2.24) is 0 Å². The third kappa shape index (κ3) is 3.56. The van der Waals surface area contributed by atoms with Gasteiger partial charge in [0.25, 0.3) is 11.8 Å². The van der Waals surface area contributed by atoms with Gasteiger partial charge in [0.1, 0.15) is 6.61 Å². The molecule has 2 aromatic rings. The monoisotopic (exact) mass is 395 g/mol. The van der Waals surface area contributed by atoms with Crippen molar-refractivity contribution in [2.75, 3.05) is 18.1 Å². The molecular formula is C23H25NO5. The Bertz CT molecular complexity index is 951. The number of benzene rings is 2. The van der Waals surface area contributed by atoms with Gasteiger partial charge in [-0.2, -0.15) is 0 Å². The van der Waals surface area contributed by atoms with Gasteiger partial charge in [0.05, 0.1) is 29.0 Å². The summed E-state index contributed by atoms with van der Waals surface area (Å²) in [5.41, 5.74) is 2.66. The molecule has 1 aliphatic heterocycles. The van der Waals surface area contributed by atoms with E-state index in [1.54, 1.807) is 12.1 Å². The maximum Gasteiger partial charge on any atom is 0.339 e. The summed E-state index contributed by atoms with van der Waals surface area (Å²) in [7, 11) is 0. The Kier molecular flexibility index (Phi) is 5.84. The van der Waals surface area contributed by atoms with Crippen molar-refractivity contribution in [2.24, 2.45) is 0 Å². The van der Waals surface area contributed by atoms with Crippen LogP contribution in [0.2, 0.25) is 0 Å². The van der Waals surface area contributed by atoms with Crippen LogP contribution in [0, 0.1) is 0 Å². The van der Waals surface area contributed by atoms with Crippen LogP contribution < -0.4 is 4.90 Å². The van der Waals surface area contributed by atoms with Gasteiger partial charge in [0.2, 0.25) is 0 Å². The summed E-state index contributed by atoms with van der Waals surface area (Å²) < 4.78 is 4.98. The lowest BCUT2D eigenvalue weighted by Crippen LogP contribution is -2.32. The fourth-order valence-corrected chi connectivity index (χ4v) is 3.64. The van der Waals surface area contributed by atoms with Gasteiger partial charge in [-0.15, -0.1) is 0 Å². The van der Waals surface area contributed by atoms with Crippen LogP contribution >= 0.6 is 0 Å². The average Bonchev–Trinajstić information content (AvgIpc) is 2.95. The van der Waals surface area contributed by atoms with E-state index in [1.165, 1.54) is 11.0 Å². The molecule has 0 aliphatic carbocycles. The molecule has 0 unspecified atom stereocenters. The van der Waals surface area contributed by atoms with E-state index in [2.05, 4.69) is 0 Å². The van der Waals surface area contributed by atoms with Gasteiger partial charge < -0.3 is 9.84 Å². The van der Waals surface area contributed by atoms with Gasteiger partial charge >= 0.3 is 5.97 Å². The van der Waals surface area contributed by atoms with E-state index < -0.39 is 17.8 Å². The number of aliphatic hydroxyl groups excluding tert-OH is 1. The highest BCUT2D eigenvalue weighted by atomic mass is 16.5. The molecule has 2 aromatic carbocycles. The number of hydrogen-bond acceptors (Lipinski definition) is 5. The molecule has 0 saturated carbocycles. The number of aliphatic hydroxyl groups is 1. The molecule has 6 heteroatoms. The molecule has 0 bridgehead atoms. The van der Waals surface area contributed by atoms with E-state index in [4.69, 9.17) is 9.84 Å². The standard InChI is InChI=1S/C23H25NO5/c1-13(2)15-7-5-8-16(14(3)4)20(15)24-21(26)17-9-6-10-18(19(17)22(24)27)23(28)29-12-11-25/h5-10,13-14,25H,11-12H2,1-4H3. The largest absolute Gasteiger partial charge is 0.460 e. The Labute approximate surface area is 170 Å². The zero-order valence-corrected chi connectivity index (χ0v) is 17.1. The number of amides is 2. The summed E-state index contributed by atoms with van der Waals surface area (Å²) in [6.45, 7) is 7.55. The van der Waals surface area contributed by atoms with E-state index in [0.29, 0.717) is 5.69 Å². The van der Waals surface area contributed by atoms with Crippen LogP contribution in [0.15, 0.2) is 36.4 Å². The Morgan fingerprint density at radius 1 is 0.966 bits per heavy atom. The number of carbonyl (C=O) groups excluding carboxylic acids is 3. The second kappa shape index (κ2) is 8.17. The molecule has 0 spiro atoms. The lowest BCUT2D eigenvalue weighted by atomic mass is 9.92. The molecule has 1 heterocycles. The third-order valence-electron chi connectivity index (χ3n) is 5.03. The van der Waals surface area contributed by atoms with Crippen LogP contribution in [0.5, 0.6) is 0 Å². The summed E-state index contributed by atoms with van der Waals surface area (Å²) in [5, 5.41) is 8.90. The Morgan fingerprint density at radius 2 is 1.55 bits per heavy atom. The molecule has 0 fully saturated rings. The zero-order chi connectivity index (χ0) is 21.3. The van der Waals surface area contributed by atoms with Crippen LogP contribution in [0.4, 0.5) is 5.69 Å². The number of nitrogens with zero attached hydrogens (tertiary/aromatic N) is 1. The molecule has 0 atom stereocenters. The maximum absolute atomic E-state index is 13.4. The van der Waals surface area contributed by atoms with Crippen molar-refractivity contribution < 1.29 is 24.2 Å². The van der Waals surface area contributed by atoms with E-state index in [-0.39, 0.29) is 41.7 Å². The smallest absolute Gasteiger partial charge is 0.339 e. The first-order valence-corrected chi connectivity index (χ1v) is 9.72. The first kappa shape index (κ1) is 20.7. The average molecular weight is 395 g/mol. The fourth-order valence-electron chi connectivity index (χ4n) is 3.64. The van der Waals surface area contributed by atoms with E-state index >= 15 is 0 Å². The molecule has 6 nitrogen and oxygen atoms in total. The number of hydrogen-bond donors (Lipinski definition) is 1. The molecule has 0 aromatic heterocycles. The van der Waals surface area contributed by atoms with E-state index in [1.807, 2.05) is 45.9 Å². The minimum absolute atomic E-state index is 0.0323. The molecule has 1 N–H and O–H groups in total. The van der Waals surface area contributed by atoms with Crippen LogP contribution in [-0.2, 0) is 4.74 Å². The normalized spacial score (nSPS) is 13.4. The summed E-state index contributed by atoms with van der Waals surface area (Å²) in [4.78, 5) is 40.2. The fraction of sp³-hybridized carbons (Fsp3) is 0.348. The van der Waals surface area contributed by atoms with Crippen molar-refractivity contribution in [3.05, 3.63) is 64.2 Å². The van der Waals surface area contributed by atoms with Crippen LogP contribution in [0.1, 0.15) is 81.7 Å². The van der Waals surface area contributed by atoms with Gasteiger partial charge in [-0.25, -0.2) is 9.69 Å². The quantitative estimate of drug-likeness (QED) is 0.593. The number of para-hydroxylation sites is 1. The van der Waals surface area contributed by atoms with Gasteiger partial charge in [-0.1, -0.05) is 52.0 Å². The minimum atomic E-state index is -0.736. The lowest BCUT2D eigenvalue weighted by molar-refractivity contribution is 0.0431. The predicted molar refractivity (Wildman–Crippen MR) is 110 cm³/mol. The second-order valence-electron chi connectivity index (χ2n) is 7.63. The molecule has 1 aliphatic rings. The van der Waals surface area contributed by atoms with Gasteiger partial charge in [0, 0.05) is 0 Å². The number of carbonyl (C=O) groups is 3. The van der Waals surface area contributed by atoms with Crippen molar-refractivity contribution in [2.45, 2.75) is 39.5 Å². The van der Waals surface area contributed by atoms with Crippen molar-refractivity contribution in [3.8, 4) is 0 Å². The zero-order valence-electron chi connectivity index (χ0n) is 17.1. The van der Waals surface area contributed by atoms with Crippen LogP contribution in [0.25, 0.3) is 0 Å². The molecular weight excluding hydrogens is 370 g/mol. The van der Waals surface area contributed by atoms with E-state index in [9.17, 15) is 14.4 Å². The minimum Gasteiger partial charge on any atom is -0.460 e. The number of imide groups is 1. The summed E-state index contributed by atoms with van der Waals surface area (Å²) in [6, 6.07) is 10.3. The Morgan fingerprint density at radius 3 is 2.10 bits per heavy atom. The number of esters is 1. The molecule has 152 valence electrons. The number of anilines is 1. The molecule has 0 radical (unpaired) electrons. The third-order valence-corrected chi connectivity index (χ3v) is 5.03. The Hall–Kier alpha value is -2.99. The molecule has 2 amide bonds. The maximum atomic E-state index is 13.4. The Balaban J connectivity index is 2.17. The van der Waals surface area contributed by atoms with Gasteiger partial charge in [-0.05, 0) is 35.1 Å². The molecule has 29 heavy (non-hydrogen) atoms. The number of fused-ring (bicyclic) bond motifs is 1. The molecule has 3 rings (SSSR count). The van der Waals surface area contributed by atoms with Gasteiger partial charge in [-0.3, -0.25) is 9.59 Å². The highest BCUT2D eigenvalue weighted by Crippen LogP contribution is 2.40. The first-order chi connectivity index (χ1) is 13.8. The second-order valence-corrected chi connectivity index (χ2v) is 7.63. The number of ether oxygens (including phenoxy) is 1. The highest BCUT2D eigenvalue weighted by molar-refractivity contribution is 6.36. The summed E-state index contributed by atoms with van der Waals surface area (Å²) in [5.74, 6) is -1.52. The first-order valence-electron chi connectivity index (χ1n) is 9.72. The summed E-state index contributed by atoms with van der Waals surface area (Å²) in [6.07, 6.45) is 0. The highest BCUT2D eigenvalue weighted by Gasteiger charge is 2.42. The van der Waals surface area contributed by atoms with Crippen molar-refractivity contribution in [1.29, 1.82) is 0 Å². The van der Waals surface area contributed by atoms with Crippen LogP contribution in [0.3, 0.4) is 0 Å². The van der Waals surface area contributed by atoms with Crippen LogP contribution in [-0.4, -0.2) is 36.1 Å². The SMILES string of the molecule is CC(C)c1cccc(C(C)C)c1N1C(=O)c2cccc(C(=O)OCCO)c2C1=O. The van der Waals surface area contributed by atoms with Crippen molar-refractivity contribution >= 4 is 23.5 Å². The predicted octanol–water partition coefficient (Wildman–Crippen LogP) is 3.88. The van der Waals surface area contributed by atoms with E-state index in [0.717, 1.165) is 11.1 Å². The lowest BCUT2D eigenvalue weighted by Gasteiger charge is -2.25. The van der Waals surface area contributed by atoms with Crippen molar-refractivity contribution in [3.63, 3.8) is 0 Å².